The first-order valence-corrected chi connectivity index (χ1v) is 5.66. The Kier molecular flexibility index (Phi) is 8.10. The first kappa shape index (κ1) is 16.7. The average Bonchev–Trinajstić information content (AvgIpc) is 2.28. The summed E-state index contributed by atoms with van der Waals surface area (Å²) in [5.41, 5.74) is 0. The standard InChI is InChI=1S/C10H18F3N3O2/c1-2-5-16(6-3-14-8-17)7-4-15-9(18)10(11,12)13/h8H,2-7H2,1H3,(H,14,17)(H,15,18). The molecule has 0 aromatic heterocycles. The van der Waals surface area contributed by atoms with Crippen LogP contribution in [0.4, 0.5) is 13.2 Å². The molecule has 0 aliphatic heterocycles. The topological polar surface area (TPSA) is 61.4 Å². The molecule has 0 spiro atoms. The van der Waals surface area contributed by atoms with E-state index < -0.39 is 12.1 Å². The third kappa shape index (κ3) is 7.88. The van der Waals surface area contributed by atoms with Crippen molar-refractivity contribution in [3.63, 3.8) is 0 Å². The maximum atomic E-state index is 11.9. The Morgan fingerprint density at radius 3 is 2.33 bits per heavy atom. The molecule has 0 fully saturated rings. The quantitative estimate of drug-likeness (QED) is 0.462. The van der Waals surface area contributed by atoms with Gasteiger partial charge in [0.2, 0.25) is 6.41 Å². The van der Waals surface area contributed by atoms with Crippen molar-refractivity contribution in [2.75, 3.05) is 32.7 Å². The van der Waals surface area contributed by atoms with Crippen molar-refractivity contribution in [2.24, 2.45) is 0 Å². The van der Waals surface area contributed by atoms with Crippen LogP contribution in [0.1, 0.15) is 13.3 Å². The highest BCUT2D eigenvalue weighted by atomic mass is 19.4. The predicted molar refractivity (Wildman–Crippen MR) is 59.9 cm³/mol. The summed E-state index contributed by atoms with van der Waals surface area (Å²) in [6, 6.07) is 0. The highest BCUT2D eigenvalue weighted by Crippen LogP contribution is 2.13. The van der Waals surface area contributed by atoms with Gasteiger partial charge in [-0.1, -0.05) is 6.92 Å². The molecule has 0 aromatic carbocycles. The van der Waals surface area contributed by atoms with Crippen LogP contribution in [-0.2, 0) is 9.59 Å². The number of carbonyl (C=O) groups is 2. The molecule has 0 saturated carbocycles. The summed E-state index contributed by atoms with van der Waals surface area (Å²) >= 11 is 0. The first-order valence-electron chi connectivity index (χ1n) is 5.66. The number of rotatable bonds is 9. The lowest BCUT2D eigenvalue weighted by Crippen LogP contribution is -2.42. The van der Waals surface area contributed by atoms with Gasteiger partial charge in [0.05, 0.1) is 0 Å². The van der Waals surface area contributed by atoms with E-state index in [9.17, 15) is 22.8 Å². The van der Waals surface area contributed by atoms with Gasteiger partial charge in [-0.15, -0.1) is 0 Å². The monoisotopic (exact) mass is 269 g/mol. The summed E-state index contributed by atoms with van der Waals surface area (Å²) in [4.78, 5) is 22.5. The molecule has 0 bridgehead atoms. The zero-order valence-electron chi connectivity index (χ0n) is 10.2. The molecule has 0 radical (unpaired) electrons. The van der Waals surface area contributed by atoms with E-state index >= 15 is 0 Å². The number of alkyl halides is 3. The molecule has 2 amide bonds. The van der Waals surface area contributed by atoms with Gasteiger partial charge in [0.15, 0.2) is 0 Å². The van der Waals surface area contributed by atoms with E-state index in [-0.39, 0.29) is 6.54 Å². The fourth-order valence-electron chi connectivity index (χ4n) is 1.36. The first-order chi connectivity index (χ1) is 8.41. The Bertz CT molecular complexity index is 259. The second-order valence-corrected chi connectivity index (χ2v) is 3.67. The SMILES string of the molecule is CCCN(CCNC=O)CCNC(=O)C(F)(F)F. The van der Waals surface area contributed by atoms with Crippen molar-refractivity contribution in [1.82, 2.24) is 15.5 Å². The third-order valence-electron chi connectivity index (χ3n) is 2.17. The zero-order chi connectivity index (χ0) is 14.0. The van der Waals surface area contributed by atoms with Gasteiger partial charge >= 0.3 is 12.1 Å². The summed E-state index contributed by atoms with van der Waals surface area (Å²) in [6.45, 7) is 3.84. The maximum absolute atomic E-state index is 11.9. The number of hydrogen-bond acceptors (Lipinski definition) is 3. The lowest BCUT2D eigenvalue weighted by Gasteiger charge is -2.21. The van der Waals surface area contributed by atoms with Gasteiger partial charge in [0.1, 0.15) is 0 Å². The Morgan fingerprint density at radius 1 is 1.22 bits per heavy atom. The summed E-state index contributed by atoms with van der Waals surface area (Å²) in [6.07, 6.45) is -3.43. The summed E-state index contributed by atoms with van der Waals surface area (Å²) in [5.74, 6) is -1.93. The van der Waals surface area contributed by atoms with Gasteiger partial charge in [0.25, 0.3) is 0 Å². The second kappa shape index (κ2) is 8.73. The number of nitrogens with one attached hydrogen (secondary N) is 2. The van der Waals surface area contributed by atoms with E-state index in [0.29, 0.717) is 32.6 Å². The molecular weight excluding hydrogens is 251 g/mol. The van der Waals surface area contributed by atoms with Gasteiger partial charge in [-0.3, -0.25) is 14.5 Å². The average molecular weight is 269 g/mol. The van der Waals surface area contributed by atoms with Crippen LogP contribution in [0.25, 0.3) is 0 Å². The molecule has 0 aliphatic rings. The third-order valence-corrected chi connectivity index (χ3v) is 2.17. The molecular formula is C10H18F3N3O2. The van der Waals surface area contributed by atoms with Gasteiger partial charge in [0, 0.05) is 26.2 Å². The Labute approximate surface area is 104 Å². The van der Waals surface area contributed by atoms with Crippen molar-refractivity contribution in [3.05, 3.63) is 0 Å². The molecule has 2 N–H and O–H groups in total. The van der Waals surface area contributed by atoms with E-state index in [4.69, 9.17) is 0 Å². The Hall–Kier alpha value is -1.31. The van der Waals surface area contributed by atoms with Crippen LogP contribution in [-0.4, -0.2) is 56.1 Å². The Balaban J connectivity index is 3.89. The molecule has 0 rings (SSSR count). The lowest BCUT2D eigenvalue weighted by atomic mass is 10.4. The van der Waals surface area contributed by atoms with Crippen LogP contribution >= 0.6 is 0 Å². The number of hydrogen-bond donors (Lipinski definition) is 2. The van der Waals surface area contributed by atoms with Crippen LogP contribution in [0.3, 0.4) is 0 Å². The fourth-order valence-corrected chi connectivity index (χ4v) is 1.36. The van der Waals surface area contributed by atoms with Gasteiger partial charge in [-0.25, -0.2) is 0 Å². The molecule has 0 saturated heterocycles. The van der Waals surface area contributed by atoms with Crippen LogP contribution in [0.2, 0.25) is 0 Å². The van der Waals surface area contributed by atoms with E-state index in [1.165, 1.54) is 0 Å². The maximum Gasteiger partial charge on any atom is 0.471 e. The summed E-state index contributed by atoms with van der Waals surface area (Å²) in [5, 5.41) is 4.28. The molecule has 0 unspecified atom stereocenters. The molecule has 0 atom stereocenters. The lowest BCUT2D eigenvalue weighted by molar-refractivity contribution is -0.173. The van der Waals surface area contributed by atoms with Gasteiger partial charge in [-0.05, 0) is 13.0 Å². The second-order valence-electron chi connectivity index (χ2n) is 3.67. The van der Waals surface area contributed by atoms with Crippen LogP contribution in [0.5, 0.6) is 0 Å². The number of carbonyl (C=O) groups excluding carboxylic acids is 2. The van der Waals surface area contributed by atoms with Crippen LogP contribution < -0.4 is 10.6 Å². The normalized spacial score (nSPS) is 11.4. The van der Waals surface area contributed by atoms with Crippen molar-refractivity contribution in [3.8, 4) is 0 Å². The van der Waals surface area contributed by atoms with Crippen LogP contribution in [0, 0.1) is 0 Å². The molecule has 106 valence electrons. The van der Waals surface area contributed by atoms with E-state index in [2.05, 4.69) is 5.32 Å². The minimum absolute atomic E-state index is 0.0700. The zero-order valence-corrected chi connectivity index (χ0v) is 10.2. The van der Waals surface area contributed by atoms with E-state index in [0.717, 1.165) is 6.42 Å². The largest absolute Gasteiger partial charge is 0.471 e. The molecule has 0 heterocycles. The smallest absolute Gasteiger partial charge is 0.357 e. The minimum atomic E-state index is -4.84. The summed E-state index contributed by atoms with van der Waals surface area (Å²) in [7, 11) is 0. The molecule has 5 nitrogen and oxygen atoms in total. The summed E-state index contributed by atoms with van der Waals surface area (Å²) < 4.78 is 35.7. The fraction of sp³-hybridized carbons (Fsp3) is 0.800. The highest BCUT2D eigenvalue weighted by molar-refractivity contribution is 5.81. The number of amides is 2. The molecule has 18 heavy (non-hydrogen) atoms. The van der Waals surface area contributed by atoms with Crippen molar-refractivity contribution >= 4 is 12.3 Å². The van der Waals surface area contributed by atoms with E-state index in [1.54, 1.807) is 5.32 Å². The molecule has 0 aliphatic carbocycles. The van der Waals surface area contributed by atoms with Crippen molar-refractivity contribution in [1.29, 1.82) is 0 Å². The predicted octanol–water partition coefficient (Wildman–Crippen LogP) is 0.123. The number of nitrogens with zero attached hydrogens (tertiary/aromatic N) is 1. The van der Waals surface area contributed by atoms with Crippen molar-refractivity contribution < 1.29 is 22.8 Å². The van der Waals surface area contributed by atoms with Gasteiger partial charge < -0.3 is 10.6 Å². The molecule has 8 heteroatoms. The minimum Gasteiger partial charge on any atom is -0.357 e. The van der Waals surface area contributed by atoms with Crippen LogP contribution in [0.15, 0.2) is 0 Å². The highest BCUT2D eigenvalue weighted by Gasteiger charge is 2.38. The molecule has 0 aromatic rings. The van der Waals surface area contributed by atoms with Gasteiger partial charge in [-0.2, -0.15) is 13.2 Å². The Morgan fingerprint density at radius 2 is 1.83 bits per heavy atom. The van der Waals surface area contributed by atoms with Crippen molar-refractivity contribution in [2.45, 2.75) is 19.5 Å². The van der Waals surface area contributed by atoms with E-state index in [1.807, 2.05) is 11.8 Å². The number of halogens is 3.